The normalized spacial score (nSPS) is 16.3. The first-order valence-corrected chi connectivity index (χ1v) is 10.8. The number of carbonyl (C=O) groups is 1. The molecule has 1 unspecified atom stereocenters. The number of hydrogen-bond acceptors (Lipinski definition) is 7. The molecule has 0 aliphatic carbocycles. The number of hydrazone groups is 1. The minimum absolute atomic E-state index is 0.110. The molecule has 1 aliphatic rings. The van der Waals surface area contributed by atoms with Gasteiger partial charge in [-0.3, -0.25) is 19.6 Å². The summed E-state index contributed by atoms with van der Waals surface area (Å²) in [5, 5.41) is 17.1. The molecule has 0 radical (unpaired) electrons. The molecule has 0 saturated carbocycles. The largest absolute Gasteiger partial charge is 0.375 e. The molecular formula is C19H20N4O6S. The van der Waals surface area contributed by atoms with Crippen LogP contribution < -0.4 is 4.72 Å². The molecule has 0 fully saturated rings. The number of para-hydroxylation sites is 1. The first kappa shape index (κ1) is 21.4. The maximum Gasteiger partial charge on any atom is 0.274 e. The SMILES string of the molecule is COCC(=O)N1N=C(c2cccc(NS(C)(=O)=O)c2)CC1c1ccccc1[N+](=O)[O-]. The van der Waals surface area contributed by atoms with Crippen molar-refractivity contribution in [2.75, 3.05) is 24.7 Å². The number of amides is 1. The first-order valence-electron chi connectivity index (χ1n) is 8.89. The number of nitrogens with one attached hydrogen (secondary N) is 1. The molecule has 3 rings (SSSR count). The Morgan fingerprint density at radius 2 is 2.03 bits per heavy atom. The van der Waals surface area contributed by atoms with Gasteiger partial charge in [-0.15, -0.1) is 0 Å². The number of methoxy groups -OCH3 is 1. The fraction of sp³-hybridized carbons (Fsp3) is 0.263. The van der Waals surface area contributed by atoms with E-state index in [4.69, 9.17) is 4.74 Å². The topological polar surface area (TPSA) is 131 Å². The molecular weight excluding hydrogens is 412 g/mol. The van der Waals surface area contributed by atoms with Crippen LogP contribution in [0, 0.1) is 10.1 Å². The maximum atomic E-state index is 12.6. The summed E-state index contributed by atoms with van der Waals surface area (Å²) in [4.78, 5) is 23.6. The number of hydrogen-bond donors (Lipinski definition) is 1. The van der Waals surface area contributed by atoms with E-state index in [0.717, 1.165) is 6.26 Å². The van der Waals surface area contributed by atoms with Crippen molar-refractivity contribution in [2.24, 2.45) is 5.10 Å². The zero-order valence-electron chi connectivity index (χ0n) is 16.3. The van der Waals surface area contributed by atoms with E-state index < -0.39 is 26.9 Å². The Labute approximate surface area is 173 Å². The van der Waals surface area contributed by atoms with E-state index in [1.807, 2.05) is 0 Å². The molecule has 2 aromatic rings. The zero-order valence-corrected chi connectivity index (χ0v) is 17.1. The Kier molecular flexibility index (Phi) is 6.13. The second kappa shape index (κ2) is 8.59. The second-order valence-electron chi connectivity index (χ2n) is 6.71. The fourth-order valence-electron chi connectivity index (χ4n) is 3.26. The van der Waals surface area contributed by atoms with E-state index in [-0.39, 0.29) is 18.7 Å². The third-order valence-corrected chi connectivity index (χ3v) is 5.03. The molecule has 0 saturated heterocycles. The highest BCUT2D eigenvalue weighted by atomic mass is 32.2. The molecule has 30 heavy (non-hydrogen) atoms. The highest BCUT2D eigenvalue weighted by Gasteiger charge is 2.36. The van der Waals surface area contributed by atoms with Gasteiger partial charge >= 0.3 is 0 Å². The third kappa shape index (κ3) is 4.81. The molecule has 1 heterocycles. The predicted octanol–water partition coefficient (Wildman–Crippen LogP) is 2.29. The van der Waals surface area contributed by atoms with Crippen LogP contribution in [-0.4, -0.2) is 49.9 Å². The zero-order chi connectivity index (χ0) is 21.9. The van der Waals surface area contributed by atoms with E-state index in [2.05, 4.69) is 9.82 Å². The van der Waals surface area contributed by atoms with Crippen LogP contribution in [0.25, 0.3) is 0 Å². The van der Waals surface area contributed by atoms with Gasteiger partial charge in [-0.2, -0.15) is 5.10 Å². The van der Waals surface area contributed by atoms with E-state index in [0.29, 0.717) is 22.5 Å². The van der Waals surface area contributed by atoms with Crippen molar-refractivity contribution in [3.8, 4) is 0 Å². The molecule has 2 aromatic carbocycles. The third-order valence-electron chi connectivity index (χ3n) is 4.43. The molecule has 1 atom stereocenters. The van der Waals surface area contributed by atoms with Gasteiger partial charge in [0.25, 0.3) is 11.6 Å². The number of ether oxygens (including phenoxy) is 1. The first-order chi connectivity index (χ1) is 14.2. The Hall–Kier alpha value is -3.31. The molecule has 1 amide bonds. The number of carbonyl (C=O) groups excluding carboxylic acids is 1. The van der Waals surface area contributed by atoms with Gasteiger partial charge in [0.1, 0.15) is 6.61 Å². The molecule has 11 heteroatoms. The van der Waals surface area contributed by atoms with Crippen molar-refractivity contribution < 1.29 is 22.9 Å². The molecule has 1 N–H and O–H groups in total. The van der Waals surface area contributed by atoms with Crippen LogP contribution in [-0.2, 0) is 19.6 Å². The summed E-state index contributed by atoms with van der Waals surface area (Å²) >= 11 is 0. The van der Waals surface area contributed by atoms with Crippen molar-refractivity contribution in [1.29, 1.82) is 0 Å². The number of nitro benzene ring substituents is 1. The number of nitrogens with zero attached hydrogens (tertiary/aromatic N) is 3. The van der Waals surface area contributed by atoms with Gasteiger partial charge in [0.2, 0.25) is 10.0 Å². The van der Waals surface area contributed by atoms with Crippen LogP contribution in [0.2, 0.25) is 0 Å². The summed E-state index contributed by atoms with van der Waals surface area (Å²) < 4.78 is 30.3. The van der Waals surface area contributed by atoms with Crippen LogP contribution in [0.1, 0.15) is 23.6 Å². The summed E-state index contributed by atoms with van der Waals surface area (Å²) in [6.45, 7) is -0.233. The van der Waals surface area contributed by atoms with Gasteiger partial charge in [0.15, 0.2) is 0 Å². The fourth-order valence-corrected chi connectivity index (χ4v) is 3.81. The monoisotopic (exact) mass is 432 g/mol. The second-order valence-corrected chi connectivity index (χ2v) is 8.46. The Morgan fingerprint density at radius 3 is 2.70 bits per heavy atom. The van der Waals surface area contributed by atoms with E-state index in [9.17, 15) is 23.3 Å². The Balaban J connectivity index is 2.01. The number of rotatable bonds is 7. The van der Waals surface area contributed by atoms with E-state index in [1.54, 1.807) is 42.5 Å². The van der Waals surface area contributed by atoms with Gasteiger partial charge in [-0.25, -0.2) is 13.4 Å². The lowest BCUT2D eigenvalue weighted by atomic mass is 9.97. The summed E-state index contributed by atoms with van der Waals surface area (Å²) in [6.07, 6.45) is 1.27. The highest BCUT2D eigenvalue weighted by molar-refractivity contribution is 7.92. The maximum absolute atomic E-state index is 12.6. The quantitative estimate of drug-likeness (QED) is 0.527. The number of sulfonamides is 1. The standard InChI is InChI=1S/C19H20N4O6S/c1-29-12-19(24)22-18(15-8-3-4-9-17(15)23(25)26)11-16(20-22)13-6-5-7-14(10-13)21-30(2,27)28/h3-10,18,21H,11-12H2,1-2H3. The van der Waals surface area contributed by atoms with Crippen molar-refractivity contribution in [3.05, 3.63) is 69.8 Å². The predicted molar refractivity (Wildman–Crippen MR) is 111 cm³/mol. The molecule has 0 spiro atoms. The summed E-state index contributed by atoms with van der Waals surface area (Å²) in [6, 6.07) is 12.1. The van der Waals surface area contributed by atoms with Crippen molar-refractivity contribution in [3.63, 3.8) is 0 Å². The van der Waals surface area contributed by atoms with E-state index >= 15 is 0 Å². The van der Waals surface area contributed by atoms with Crippen molar-refractivity contribution in [1.82, 2.24) is 5.01 Å². The highest BCUT2D eigenvalue weighted by Crippen LogP contribution is 2.37. The molecule has 1 aliphatic heterocycles. The number of nitro groups is 1. The number of benzene rings is 2. The molecule has 0 aromatic heterocycles. The lowest BCUT2D eigenvalue weighted by Crippen LogP contribution is -2.30. The Morgan fingerprint density at radius 1 is 1.30 bits per heavy atom. The van der Waals surface area contributed by atoms with Crippen molar-refractivity contribution >= 4 is 33.0 Å². The molecule has 158 valence electrons. The van der Waals surface area contributed by atoms with E-state index in [1.165, 1.54) is 18.2 Å². The van der Waals surface area contributed by atoms with Crippen LogP contribution in [0.5, 0.6) is 0 Å². The minimum Gasteiger partial charge on any atom is -0.375 e. The molecule has 10 nitrogen and oxygen atoms in total. The van der Waals surface area contributed by atoms with Gasteiger partial charge in [-0.1, -0.05) is 24.3 Å². The van der Waals surface area contributed by atoms with Gasteiger partial charge in [0, 0.05) is 25.3 Å². The van der Waals surface area contributed by atoms with Crippen LogP contribution in [0.4, 0.5) is 11.4 Å². The average molecular weight is 432 g/mol. The minimum atomic E-state index is -3.46. The average Bonchev–Trinajstić information content (AvgIpc) is 3.12. The van der Waals surface area contributed by atoms with Gasteiger partial charge in [-0.05, 0) is 23.8 Å². The summed E-state index contributed by atoms with van der Waals surface area (Å²) in [7, 11) is -2.09. The Bertz CT molecular complexity index is 1120. The number of anilines is 1. The lowest BCUT2D eigenvalue weighted by Gasteiger charge is -2.21. The smallest absolute Gasteiger partial charge is 0.274 e. The van der Waals surface area contributed by atoms with Crippen LogP contribution in [0.3, 0.4) is 0 Å². The van der Waals surface area contributed by atoms with Gasteiger partial charge < -0.3 is 4.74 Å². The summed E-state index contributed by atoms with van der Waals surface area (Å²) in [5.41, 5.74) is 1.69. The molecule has 0 bridgehead atoms. The summed E-state index contributed by atoms with van der Waals surface area (Å²) in [5.74, 6) is -0.443. The lowest BCUT2D eigenvalue weighted by molar-refractivity contribution is -0.385. The van der Waals surface area contributed by atoms with Gasteiger partial charge in [0.05, 0.1) is 28.5 Å². The van der Waals surface area contributed by atoms with Crippen LogP contribution >= 0.6 is 0 Å². The van der Waals surface area contributed by atoms with Crippen molar-refractivity contribution in [2.45, 2.75) is 12.5 Å². The van der Waals surface area contributed by atoms with Crippen LogP contribution in [0.15, 0.2) is 53.6 Å².